The standard InChI is InChI=1S/C7H8Cl2O3/c1-4(10)11-6-3-2-5(8)7(9)12-6/h3,5,7H,2H2,1H3. The molecule has 1 heterocycles. The van der Waals surface area contributed by atoms with Gasteiger partial charge in [0, 0.05) is 6.92 Å². The zero-order chi connectivity index (χ0) is 9.14. The molecular weight excluding hydrogens is 203 g/mol. The molecule has 0 amide bonds. The monoisotopic (exact) mass is 210 g/mol. The van der Waals surface area contributed by atoms with Crippen molar-refractivity contribution in [3.05, 3.63) is 12.0 Å². The summed E-state index contributed by atoms with van der Waals surface area (Å²) in [6.45, 7) is 1.29. The molecule has 0 spiro atoms. The van der Waals surface area contributed by atoms with Crippen molar-refractivity contribution in [3.63, 3.8) is 0 Å². The van der Waals surface area contributed by atoms with E-state index in [1.165, 1.54) is 6.92 Å². The third-order valence-corrected chi connectivity index (χ3v) is 2.20. The van der Waals surface area contributed by atoms with Gasteiger partial charge in [-0.1, -0.05) is 11.6 Å². The van der Waals surface area contributed by atoms with Crippen LogP contribution in [0, 0.1) is 0 Å². The maximum absolute atomic E-state index is 10.5. The first-order valence-corrected chi connectivity index (χ1v) is 4.30. The fourth-order valence-corrected chi connectivity index (χ4v) is 1.09. The number of ether oxygens (including phenoxy) is 2. The molecule has 12 heavy (non-hydrogen) atoms. The molecule has 0 aromatic rings. The first kappa shape index (κ1) is 9.68. The minimum absolute atomic E-state index is 0.138. The molecule has 3 nitrogen and oxygen atoms in total. The average molecular weight is 211 g/mol. The number of hydrogen-bond acceptors (Lipinski definition) is 3. The SMILES string of the molecule is CC(=O)OC1=CCC(Cl)C(Cl)O1. The molecule has 68 valence electrons. The highest BCUT2D eigenvalue weighted by molar-refractivity contribution is 6.29. The smallest absolute Gasteiger partial charge is 0.310 e. The summed E-state index contributed by atoms with van der Waals surface area (Å²) in [5.74, 6) is -0.294. The molecule has 0 aromatic carbocycles. The molecule has 0 fully saturated rings. The molecule has 0 N–H and O–H groups in total. The topological polar surface area (TPSA) is 35.5 Å². The van der Waals surface area contributed by atoms with Gasteiger partial charge in [0.05, 0.1) is 5.38 Å². The summed E-state index contributed by atoms with van der Waals surface area (Å²) >= 11 is 11.4. The van der Waals surface area contributed by atoms with Gasteiger partial charge in [0.2, 0.25) is 0 Å². The van der Waals surface area contributed by atoms with Crippen LogP contribution in [0.15, 0.2) is 12.0 Å². The van der Waals surface area contributed by atoms with Crippen LogP contribution < -0.4 is 0 Å². The number of carbonyl (C=O) groups excluding carboxylic acids is 1. The van der Waals surface area contributed by atoms with Crippen molar-refractivity contribution >= 4 is 29.2 Å². The van der Waals surface area contributed by atoms with Crippen molar-refractivity contribution in [3.8, 4) is 0 Å². The lowest BCUT2D eigenvalue weighted by molar-refractivity contribution is -0.143. The molecular formula is C7H8Cl2O3. The summed E-state index contributed by atoms with van der Waals surface area (Å²) < 4.78 is 9.63. The van der Waals surface area contributed by atoms with Gasteiger partial charge < -0.3 is 9.47 Å². The minimum Gasteiger partial charge on any atom is -0.444 e. The van der Waals surface area contributed by atoms with Crippen LogP contribution in [-0.2, 0) is 14.3 Å². The first-order valence-electron chi connectivity index (χ1n) is 3.43. The Kier molecular flexibility index (Phi) is 3.23. The Morgan fingerprint density at radius 3 is 2.92 bits per heavy atom. The number of halogens is 2. The van der Waals surface area contributed by atoms with Crippen LogP contribution >= 0.6 is 23.2 Å². The fourth-order valence-electron chi connectivity index (χ4n) is 0.756. The number of hydrogen-bond donors (Lipinski definition) is 0. The molecule has 0 aromatic heterocycles. The summed E-state index contributed by atoms with van der Waals surface area (Å²) in [5, 5.41) is -0.272. The predicted octanol–water partition coefficient (Wildman–Crippen LogP) is 1.98. The molecule has 0 saturated heterocycles. The van der Waals surface area contributed by atoms with E-state index in [0.29, 0.717) is 6.42 Å². The van der Waals surface area contributed by atoms with E-state index in [1.807, 2.05) is 0 Å². The first-order chi connectivity index (χ1) is 5.59. The summed E-state index contributed by atoms with van der Waals surface area (Å²) in [6.07, 6.45) is 2.14. The highest BCUT2D eigenvalue weighted by Gasteiger charge is 2.24. The number of esters is 1. The molecule has 0 bridgehead atoms. The summed E-state index contributed by atoms with van der Waals surface area (Å²) in [7, 11) is 0. The second kappa shape index (κ2) is 4.01. The molecule has 0 aliphatic carbocycles. The minimum atomic E-state index is -0.633. The van der Waals surface area contributed by atoms with Crippen molar-refractivity contribution in [1.29, 1.82) is 0 Å². The van der Waals surface area contributed by atoms with Gasteiger partial charge in [-0.15, -0.1) is 11.6 Å². The Morgan fingerprint density at radius 1 is 1.75 bits per heavy atom. The zero-order valence-electron chi connectivity index (χ0n) is 6.42. The highest BCUT2D eigenvalue weighted by Crippen LogP contribution is 2.24. The van der Waals surface area contributed by atoms with Crippen molar-refractivity contribution in [2.75, 3.05) is 0 Å². The van der Waals surface area contributed by atoms with Crippen LogP contribution in [0.4, 0.5) is 0 Å². The Bertz CT molecular complexity index is 215. The molecule has 0 saturated carbocycles. The largest absolute Gasteiger partial charge is 0.444 e. The average Bonchev–Trinajstić information content (AvgIpc) is 1.96. The molecule has 5 heteroatoms. The Balaban J connectivity index is 2.52. The van der Waals surface area contributed by atoms with Gasteiger partial charge in [0.15, 0.2) is 5.56 Å². The molecule has 1 aliphatic rings. The quantitative estimate of drug-likeness (QED) is 0.491. The maximum atomic E-state index is 10.5. The number of carbonyl (C=O) groups is 1. The Labute approximate surface area is 80.2 Å². The summed E-state index contributed by atoms with van der Waals surface area (Å²) in [5.41, 5.74) is -0.633. The Morgan fingerprint density at radius 2 is 2.42 bits per heavy atom. The van der Waals surface area contributed by atoms with Crippen LogP contribution in [0.1, 0.15) is 13.3 Å². The van der Waals surface area contributed by atoms with E-state index in [0.717, 1.165) is 0 Å². The number of alkyl halides is 2. The third kappa shape index (κ3) is 2.57. The van der Waals surface area contributed by atoms with Gasteiger partial charge in [0.25, 0.3) is 5.95 Å². The van der Waals surface area contributed by atoms with Gasteiger partial charge in [0.1, 0.15) is 0 Å². The second-order valence-electron chi connectivity index (χ2n) is 2.34. The normalized spacial score (nSPS) is 28.8. The molecule has 2 unspecified atom stereocenters. The summed E-state index contributed by atoms with van der Waals surface area (Å²) in [6, 6.07) is 0. The van der Waals surface area contributed by atoms with E-state index in [-0.39, 0.29) is 11.3 Å². The maximum Gasteiger partial charge on any atom is 0.310 e. The van der Waals surface area contributed by atoms with E-state index < -0.39 is 11.5 Å². The fraction of sp³-hybridized carbons (Fsp3) is 0.571. The molecule has 2 atom stereocenters. The lowest BCUT2D eigenvalue weighted by atomic mass is 10.3. The van der Waals surface area contributed by atoms with Gasteiger partial charge in [-0.2, -0.15) is 0 Å². The van der Waals surface area contributed by atoms with Crippen molar-refractivity contribution < 1.29 is 14.3 Å². The third-order valence-electron chi connectivity index (χ3n) is 1.27. The van der Waals surface area contributed by atoms with Gasteiger partial charge >= 0.3 is 5.97 Å². The lowest BCUT2D eigenvalue weighted by Crippen LogP contribution is -2.23. The lowest BCUT2D eigenvalue weighted by Gasteiger charge is -2.22. The van der Waals surface area contributed by atoms with E-state index in [1.54, 1.807) is 6.08 Å². The second-order valence-corrected chi connectivity index (χ2v) is 3.33. The van der Waals surface area contributed by atoms with Crippen LogP contribution in [0.25, 0.3) is 0 Å². The van der Waals surface area contributed by atoms with Gasteiger partial charge in [-0.25, -0.2) is 0 Å². The van der Waals surface area contributed by atoms with Crippen LogP contribution in [-0.4, -0.2) is 16.9 Å². The number of rotatable bonds is 1. The van der Waals surface area contributed by atoms with Crippen LogP contribution in [0.5, 0.6) is 0 Å². The highest BCUT2D eigenvalue weighted by atomic mass is 35.5. The van der Waals surface area contributed by atoms with Crippen LogP contribution in [0.3, 0.4) is 0 Å². The van der Waals surface area contributed by atoms with Gasteiger partial charge in [-0.3, -0.25) is 4.79 Å². The molecule has 1 rings (SSSR count). The van der Waals surface area contributed by atoms with Crippen molar-refractivity contribution in [2.45, 2.75) is 24.3 Å². The van der Waals surface area contributed by atoms with E-state index >= 15 is 0 Å². The molecule has 1 aliphatic heterocycles. The van der Waals surface area contributed by atoms with Gasteiger partial charge in [-0.05, 0) is 12.5 Å². The number of allylic oxidation sites excluding steroid dienone is 1. The van der Waals surface area contributed by atoms with Crippen molar-refractivity contribution in [1.82, 2.24) is 0 Å². The van der Waals surface area contributed by atoms with Crippen LogP contribution in [0.2, 0.25) is 0 Å². The Hall–Kier alpha value is -0.410. The molecule has 0 radical (unpaired) electrons. The van der Waals surface area contributed by atoms with Crippen molar-refractivity contribution in [2.24, 2.45) is 0 Å². The zero-order valence-corrected chi connectivity index (χ0v) is 7.93. The predicted molar refractivity (Wildman–Crippen MR) is 44.8 cm³/mol. The van der Waals surface area contributed by atoms with E-state index in [9.17, 15) is 4.79 Å². The van der Waals surface area contributed by atoms with E-state index in [4.69, 9.17) is 27.9 Å². The van der Waals surface area contributed by atoms with E-state index in [2.05, 4.69) is 4.74 Å². The summed E-state index contributed by atoms with van der Waals surface area (Å²) in [4.78, 5) is 10.5.